The Morgan fingerprint density at radius 1 is 0.569 bits per heavy atom. The Labute approximate surface area is 358 Å². The molecule has 0 saturated carbocycles. The molecule has 0 aliphatic heterocycles. The van der Waals surface area contributed by atoms with Crippen LogP contribution in [0.3, 0.4) is 0 Å². The van der Waals surface area contributed by atoms with Gasteiger partial charge in [0, 0.05) is 12.8 Å². The van der Waals surface area contributed by atoms with Gasteiger partial charge in [-0.1, -0.05) is 141 Å². The molecule has 0 heterocycles. The Bertz CT molecular complexity index is 1080. The van der Waals surface area contributed by atoms with E-state index in [0.29, 0.717) is 32.4 Å². The van der Waals surface area contributed by atoms with Gasteiger partial charge in [-0.15, -0.1) is 0 Å². The summed E-state index contributed by atoms with van der Waals surface area (Å²) >= 11 is 0. The predicted octanol–water partition coefficient (Wildman–Crippen LogP) is 11.5. The van der Waals surface area contributed by atoms with Gasteiger partial charge in [-0.3, -0.25) is 13.8 Å². The second-order valence-corrected chi connectivity index (χ2v) is 17.0. The maximum absolute atomic E-state index is 12.5. The van der Waals surface area contributed by atoms with Crippen LogP contribution in [-0.2, 0) is 24.2 Å². The Morgan fingerprint density at radius 3 is 1.21 bits per heavy atom. The molecule has 58 heavy (non-hydrogen) atoms. The van der Waals surface area contributed by atoms with E-state index in [0.717, 1.165) is 56.3 Å². The van der Waals surface area contributed by atoms with Crippen LogP contribution in [0.15, 0.2) is 24.3 Å². The van der Waals surface area contributed by atoms with Gasteiger partial charge in [0.1, 0.15) is 0 Å². The maximum Gasteiger partial charge on any atom is 0.220 e. The number of hydrogen-bond donors (Lipinski definition) is 2. The summed E-state index contributed by atoms with van der Waals surface area (Å²) in [4.78, 5) is 25.0. The van der Waals surface area contributed by atoms with Crippen molar-refractivity contribution in [1.82, 2.24) is 10.6 Å². The van der Waals surface area contributed by atoms with Crippen LogP contribution >= 0.6 is 0 Å². The van der Waals surface area contributed by atoms with Gasteiger partial charge >= 0.3 is 0 Å². The minimum absolute atomic E-state index is 0.0914. The largest absolute Gasteiger partial charge is 0.726 e. The summed E-state index contributed by atoms with van der Waals surface area (Å²) in [5.74, 6) is 0.269. The molecule has 0 saturated heterocycles. The van der Waals surface area contributed by atoms with Crippen LogP contribution in [0.1, 0.15) is 214 Å². The molecular formula is C47H90N4O6S. The van der Waals surface area contributed by atoms with Crippen LogP contribution in [0.25, 0.3) is 0 Å². The summed E-state index contributed by atoms with van der Waals surface area (Å²) in [7, 11) is -4.42. The van der Waals surface area contributed by atoms with E-state index < -0.39 is 10.4 Å². The second-order valence-electron chi connectivity index (χ2n) is 15.9. The number of amides is 2. The van der Waals surface area contributed by atoms with Crippen molar-refractivity contribution in [3.05, 3.63) is 24.3 Å². The highest BCUT2D eigenvalue weighted by atomic mass is 32.3. The average Bonchev–Trinajstić information content (AvgIpc) is 3.19. The van der Waals surface area contributed by atoms with Gasteiger partial charge in [0.2, 0.25) is 22.2 Å². The standard InChI is InChI=1S/C45H84N4O2.C2H6O4S/c1-4-7-9-11-13-15-17-19-21-23-25-27-29-31-33-36-44(50)47-39-42-49(6-3,41-35-38-46)43-40-48-45(51)37-34-32-30-28-26-24-22-20-18-16-14-12-10-8-5-2;1-2-6-7(3,4)5/h19-22H,4-18,23-37,39-43H2,1-3H3,(H-,47,48,50,51);2H2,1H3,(H,3,4,5). The molecule has 0 aromatic carbocycles. The highest BCUT2D eigenvalue weighted by Crippen LogP contribution is 2.12. The van der Waals surface area contributed by atoms with E-state index in [1.165, 1.54) is 148 Å². The third-order valence-electron chi connectivity index (χ3n) is 10.8. The van der Waals surface area contributed by atoms with Crippen molar-refractivity contribution >= 4 is 22.2 Å². The molecule has 0 aliphatic rings. The SMILES string of the molecule is CCCCCCCCC=CCCCCCCCC(=O)NCC[N+](CC)(CCC#N)CCNC(=O)CCCCCCCC=CCCCCCCCC.CCOS(=O)(=O)[O-]. The van der Waals surface area contributed by atoms with Crippen LogP contribution < -0.4 is 10.6 Å². The zero-order valence-corrected chi connectivity index (χ0v) is 38.8. The zero-order valence-electron chi connectivity index (χ0n) is 38.0. The number of rotatable bonds is 41. The number of allylic oxidation sites excluding steroid dienone is 4. The van der Waals surface area contributed by atoms with Gasteiger partial charge < -0.3 is 19.7 Å². The normalized spacial score (nSPS) is 12.6. The van der Waals surface area contributed by atoms with E-state index in [-0.39, 0.29) is 18.4 Å². The lowest BCUT2D eigenvalue weighted by atomic mass is 10.1. The summed E-state index contributed by atoms with van der Waals surface area (Å²) in [6.07, 6.45) is 43.8. The molecule has 0 unspecified atom stereocenters. The summed E-state index contributed by atoms with van der Waals surface area (Å²) in [5, 5.41) is 15.5. The Kier molecular flexibility index (Phi) is 44.2. The number of carbonyl (C=O) groups excluding carboxylic acids is 2. The molecule has 0 aromatic heterocycles. The van der Waals surface area contributed by atoms with Crippen molar-refractivity contribution in [2.24, 2.45) is 0 Å². The van der Waals surface area contributed by atoms with Gasteiger partial charge in [-0.25, -0.2) is 8.42 Å². The third kappa shape index (κ3) is 44.8. The lowest BCUT2D eigenvalue weighted by Gasteiger charge is -2.37. The lowest BCUT2D eigenvalue weighted by Crippen LogP contribution is -2.55. The van der Waals surface area contributed by atoms with Gasteiger partial charge in [0.15, 0.2) is 0 Å². The molecule has 0 fully saturated rings. The fraction of sp³-hybridized carbons (Fsp3) is 0.851. The molecular weight excluding hydrogens is 749 g/mol. The van der Waals surface area contributed by atoms with Crippen molar-refractivity contribution in [2.75, 3.05) is 45.9 Å². The number of likely N-dealkylation sites (N-methyl/N-ethyl adjacent to an activating group) is 1. The second kappa shape index (κ2) is 44.3. The summed E-state index contributed by atoms with van der Waals surface area (Å²) in [6, 6.07) is 2.30. The number of nitrogens with one attached hydrogen (secondary N) is 2. The van der Waals surface area contributed by atoms with Crippen molar-refractivity contribution in [3.63, 3.8) is 0 Å². The van der Waals surface area contributed by atoms with Crippen LogP contribution in [0.2, 0.25) is 0 Å². The Morgan fingerprint density at radius 2 is 0.914 bits per heavy atom. The van der Waals surface area contributed by atoms with Crippen LogP contribution in [0.5, 0.6) is 0 Å². The number of hydrogen-bond acceptors (Lipinski definition) is 7. The predicted molar refractivity (Wildman–Crippen MR) is 242 cm³/mol. The highest BCUT2D eigenvalue weighted by Gasteiger charge is 2.25. The van der Waals surface area contributed by atoms with Crippen LogP contribution in [0.4, 0.5) is 0 Å². The lowest BCUT2D eigenvalue weighted by molar-refractivity contribution is -0.923. The highest BCUT2D eigenvalue weighted by molar-refractivity contribution is 7.80. The minimum Gasteiger partial charge on any atom is -0.726 e. The number of nitriles is 1. The molecule has 0 rings (SSSR count). The molecule has 0 bridgehead atoms. The number of carbonyl (C=O) groups is 2. The molecule has 340 valence electrons. The van der Waals surface area contributed by atoms with E-state index in [4.69, 9.17) is 0 Å². The summed E-state index contributed by atoms with van der Waals surface area (Å²) < 4.78 is 32.8. The molecule has 0 aliphatic carbocycles. The Balaban J connectivity index is 0. The number of unbranched alkanes of at least 4 members (excludes halogenated alkanes) is 22. The van der Waals surface area contributed by atoms with E-state index in [1.54, 1.807) is 0 Å². The van der Waals surface area contributed by atoms with Crippen LogP contribution in [-0.4, -0.2) is 75.1 Å². The fourth-order valence-electron chi connectivity index (χ4n) is 7.00. The smallest absolute Gasteiger partial charge is 0.220 e. The first kappa shape index (κ1) is 57.8. The molecule has 2 N–H and O–H groups in total. The topological polar surface area (TPSA) is 148 Å². The molecule has 0 radical (unpaired) electrons. The van der Waals surface area contributed by atoms with Gasteiger partial charge in [0.25, 0.3) is 0 Å². The number of quaternary nitrogens is 1. The first-order chi connectivity index (χ1) is 28.1. The van der Waals surface area contributed by atoms with Gasteiger partial charge in [-0.05, 0) is 78.1 Å². The molecule has 0 atom stereocenters. The van der Waals surface area contributed by atoms with Gasteiger partial charge in [0.05, 0.1) is 58.4 Å². The van der Waals surface area contributed by atoms with E-state index in [1.807, 2.05) is 0 Å². The van der Waals surface area contributed by atoms with E-state index >= 15 is 0 Å². The molecule has 10 nitrogen and oxygen atoms in total. The van der Waals surface area contributed by atoms with Crippen LogP contribution in [0, 0.1) is 11.3 Å². The van der Waals surface area contributed by atoms with Gasteiger partial charge in [-0.2, -0.15) is 5.26 Å². The fourth-order valence-corrected chi connectivity index (χ4v) is 7.28. The molecule has 11 heteroatoms. The molecule has 0 spiro atoms. The quantitative estimate of drug-likeness (QED) is 0.0205. The third-order valence-corrected chi connectivity index (χ3v) is 11.3. The first-order valence-electron chi connectivity index (χ1n) is 23.7. The Hall–Kier alpha value is -2.26. The molecule has 0 aromatic rings. The van der Waals surface area contributed by atoms with Crippen molar-refractivity contribution in [2.45, 2.75) is 214 Å². The minimum atomic E-state index is -4.42. The van der Waals surface area contributed by atoms with E-state index in [2.05, 4.69) is 66.0 Å². The first-order valence-corrected chi connectivity index (χ1v) is 25.1. The molecule has 2 amide bonds. The van der Waals surface area contributed by atoms with E-state index in [9.17, 15) is 27.8 Å². The zero-order chi connectivity index (χ0) is 43.3. The van der Waals surface area contributed by atoms with Crippen molar-refractivity contribution in [1.29, 1.82) is 5.26 Å². The number of nitrogens with zero attached hydrogens (tertiary/aromatic N) is 2. The summed E-state index contributed by atoms with van der Waals surface area (Å²) in [6.45, 7) is 12.5. The van der Waals surface area contributed by atoms with Crippen molar-refractivity contribution < 1.29 is 31.2 Å². The summed E-state index contributed by atoms with van der Waals surface area (Å²) in [5.41, 5.74) is 0. The van der Waals surface area contributed by atoms with Crippen molar-refractivity contribution in [3.8, 4) is 6.07 Å². The monoisotopic (exact) mass is 839 g/mol. The average molecular weight is 839 g/mol. The maximum atomic E-state index is 12.5.